The predicted molar refractivity (Wildman–Crippen MR) is 130 cm³/mol. The molecule has 0 spiro atoms. The zero-order valence-corrected chi connectivity index (χ0v) is 20.9. The van der Waals surface area contributed by atoms with E-state index in [9.17, 15) is 18.0 Å². The van der Waals surface area contributed by atoms with Crippen LogP contribution in [0.4, 0.5) is 19.0 Å². The SMILES string of the molecule is C[C@@H](c1ccc(Cl)cc1Cl)n1nc(C(F)(F)F)c2ncc(N3CCN(C(=O)[C@H]4CCCN4)CC3)nc21. The van der Waals surface area contributed by atoms with Crippen LogP contribution in [0.25, 0.3) is 11.2 Å². The zero-order chi connectivity index (χ0) is 25.6. The molecule has 1 N–H and O–H groups in total. The summed E-state index contributed by atoms with van der Waals surface area (Å²) < 4.78 is 42.6. The molecule has 192 valence electrons. The van der Waals surface area contributed by atoms with Gasteiger partial charge in [-0.1, -0.05) is 29.3 Å². The fourth-order valence-electron chi connectivity index (χ4n) is 4.76. The Balaban J connectivity index is 1.45. The summed E-state index contributed by atoms with van der Waals surface area (Å²) in [6.45, 7) is 4.53. The lowest BCUT2D eigenvalue weighted by Gasteiger charge is -2.36. The molecule has 0 aliphatic carbocycles. The normalized spacial score (nSPS) is 19.8. The van der Waals surface area contributed by atoms with Gasteiger partial charge in [0.25, 0.3) is 0 Å². The van der Waals surface area contributed by atoms with Gasteiger partial charge in [-0.3, -0.25) is 4.79 Å². The summed E-state index contributed by atoms with van der Waals surface area (Å²) in [4.78, 5) is 25.1. The molecular weight excluding hydrogens is 518 g/mol. The summed E-state index contributed by atoms with van der Waals surface area (Å²) in [7, 11) is 0. The number of fused-ring (bicyclic) bond motifs is 1. The number of amides is 1. The van der Waals surface area contributed by atoms with Crippen molar-refractivity contribution in [3.63, 3.8) is 0 Å². The Labute approximate surface area is 215 Å². The quantitative estimate of drug-likeness (QED) is 0.534. The van der Waals surface area contributed by atoms with Crippen molar-refractivity contribution in [1.29, 1.82) is 0 Å². The number of carbonyl (C=O) groups is 1. The van der Waals surface area contributed by atoms with Gasteiger partial charge in [0, 0.05) is 36.2 Å². The van der Waals surface area contributed by atoms with Gasteiger partial charge in [-0.2, -0.15) is 18.3 Å². The fraction of sp³-hybridized carbons (Fsp3) is 0.478. The highest BCUT2D eigenvalue weighted by Crippen LogP contribution is 2.36. The molecule has 1 amide bonds. The van der Waals surface area contributed by atoms with E-state index in [1.54, 1.807) is 19.1 Å². The first kappa shape index (κ1) is 25.0. The molecule has 2 aliphatic rings. The van der Waals surface area contributed by atoms with Crippen LogP contribution in [-0.2, 0) is 11.0 Å². The van der Waals surface area contributed by atoms with Gasteiger partial charge in [0.15, 0.2) is 11.3 Å². The largest absolute Gasteiger partial charge is 0.437 e. The number of hydrogen-bond acceptors (Lipinski definition) is 6. The molecule has 1 aromatic carbocycles. The third kappa shape index (κ3) is 4.71. The van der Waals surface area contributed by atoms with Gasteiger partial charge >= 0.3 is 6.18 Å². The number of nitrogens with one attached hydrogen (secondary N) is 1. The Morgan fingerprint density at radius 1 is 1.19 bits per heavy atom. The molecule has 0 unspecified atom stereocenters. The standard InChI is InChI=1S/C23H24Cl2F3N7O/c1-13(15-5-4-14(24)11-16(15)25)35-21-19(20(32-35)23(26,27)28)30-12-18(31-21)33-7-9-34(10-8-33)22(36)17-3-2-6-29-17/h4-5,11-13,17,29H,2-3,6-10H2,1H3/t13-,17+/m0/s1. The molecule has 4 heterocycles. The minimum atomic E-state index is -4.70. The van der Waals surface area contributed by atoms with Crippen LogP contribution in [0, 0.1) is 0 Å². The van der Waals surface area contributed by atoms with Gasteiger partial charge in [-0.05, 0) is 44.0 Å². The van der Waals surface area contributed by atoms with Crippen molar-refractivity contribution in [2.45, 2.75) is 38.0 Å². The monoisotopic (exact) mass is 541 g/mol. The van der Waals surface area contributed by atoms with E-state index in [4.69, 9.17) is 23.2 Å². The molecule has 2 aliphatic heterocycles. The topological polar surface area (TPSA) is 79.2 Å². The van der Waals surface area contributed by atoms with Crippen molar-refractivity contribution < 1.29 is 18.0 Å². The first-order chi connectivity index (χ1) is 17.1. The maximum atomic E-state index is 13.8. The Bertz CT molecular complexity index is 1280. The van der Waals surface area contributed by atoms with E-state index in [0.29, 0.717) is 47.6 Å². The van der Waals surface area contributed by atoms with E-state index in [0.717, 1.165) is 19.4 Å². The second-order valence-corrected chi connectivity index (χ2v) is 9.84. The van der Waals surface area contributed by atoms with Crippen molar-refractivity contribution in [1.82, 2.24) is 30.0 Å². The Kier molecular flexibility index (Phi) is 6.73. The molecule has 2 atom stereocenters. The maximum absolute atomic E-state index is 13.8. The van der Waals surface area contributed by atoms with Crippen molar-refractivity contribution in [2.24, 2.45) is 0 Å². The van der Waals surface area contributed by atoms with Gasteiger partial charge in [0.05, 0.1) is 18.3 Å². The van der Waals surface area contributed by atoms with E-state index in [1.807, 2.05) is 9.80 Å². The van der Waals surface area contributed by atoms with Crippen LogP contribution in [0.2, 0.25) is 10.0 Å². The van der Waals surface area contributed by atoms with Crippen LogP contribution in [0.1, 0.15) is 37.1 Å². The number of hydrogen-bond donors (Lipinski definition) is 1. The first-order valence-corrected chi connectivity index (χ1v) is 12.4. The van der Waals surface area contributed by atoms with Crippen molar-refractivity contribution in [3.05, 3.63) is 45.7 Å². The molecule has 0 radical (unpaired) electrons. The average molecular weight is 542 g/mol. The number of nitrogens with zero attached hydrogens (tertiary/aromatic N) is 6. The molecule has 36 heavy (non-hydrogen) atoms. The maximum Gasteiger partial charge on any atom is 0.437 e. The second-order valence-electron chi connectivity index (χ2n) is 8.99. The molecule has 3 aromatic rings. The van der Waals surface area contributed by atoms with Gasteiger partial charge in [0.1, 0.15) is 11.3 Å². The van der Waals surface area contributed by atoms with Crippen molar-refractivity contribution >= 4 is 46.1 Å². The first-order valence-electron chi connectivity index (χ1n) is 11.7. The van der Waals surface area contributed by atoms with Crippen LogP contribution in [0.3, 0.4) is 0 Å². The lowest BCUT2D eigenvalue weighted by molar-refractivity contribution is -0.140. The third-order valence-electron chi connectivity index (χ3n) is 6.71. The third-order valence-corrected chi connectivity index (χ3v) is 7.27. The summed E-state index contributed by atoms with van der Waals surface area (Å²) in [5.74, 6) is 0.521. The predicted octanol–water partition coefficient (Wildman–Crippen LogP) is 4.16. The van der Waals surface area contributed by atoms with E-state index in [2.05, 4.69) is 20.4 Å². The molecule has 13 heteroatoms. The molecule has 8 nitrogen and oxygen atoms in total. The van der Waals surface area contributed by atoms with Crippen LogP contribution < -0.4 is 10.2 Å². The van der Waals surface area contributed by atoms with E-state index in [1.165, 1.54) is 16.9 Å². The molecule has 2 fully saturated rings. The second kappa shape index (κ2) is 9.68. The van der Waals surface area contributed by atoms with Crippen LogP contribution in [0.5, 0.6) is 0 Å². The summed E-state index contributed by atoms with van der Waals surface area (Å²) in [5.41, 5.74) is -0.872. The number of halogens is 5. The number of rotatable bonds is 4. The number of aromatic nitrogens is 4. The zero-order valence-electron chi connectivity index (χ0n) is 19.4. The molecule has 5 rings (SSSR count). The number of alkyl halides is 3. The smallest absolute Gasteiger partial charge is 0.352 e. The van der Waals surface area contributed by atoms with E-state index < -0.39 is 17.9 Å². The minimum absolute atomic E-state index is 0.00648. The Hall–Kier alpha value is -2.63. The lowest BCUT2D eigenvalue weighted by atomic mass is 10.1. The van der Waals surface area contributed by atoms with E-state index >= 15 is 0 Å². The van der Waals surface area contributed by atoms with Gasteiger partial charge < -0.3 is 15.1 Å². The van der Waals surface area contributed by atoms with Crippen LogP contribution in [0.15, 0.2) is 24.4 Å². The summed E-state index contributed by atoms with van der Waals surface area (Å²) in [6.07, 6.45) is -1.55. The number of benzene rings is 1. The molecule has 2 saturated heterocycles. The Morgan fingerprint density at radius 3 is 2.58 bits per heavy atom. The summed E-state index contributed by atoms with van der Waals surface area (Å²) in [6, 6.07) is 4.01. The van der Waals surface area contributed by atoms with Crippen LogP contribution >= 0.6 is 23.2 Å². The highest BCUT2D eigenvalue weighted by Gasteiger charge is 2.39. The van der Waals surface area contributed by atoms with Crippen LogP contribution in [-0.4, -0.2) is 69.3 Å². The average Bonchev–Trinajstić information content (AvgIpc) is 3.51. The number of anilines is 1. The highest BCUT2D eigenvalue weighted by atomic mass is 35.5. The molecule has 2 aromatic heterocycles. The van der Waals surface area contributed by atoms with Gasteiger partial charge in [-0.15, -0.1) is 0 Å². The van der Waals surface area contributed by atoms with Gasteiger partial charge in [0.2, 0.25) is 5.91 Å². The molecule has 0 bridgehead atoms. The Morgan fingerprint density at radius 2 is 1.94 bits per heavy atom. The minimum Gasteiger partial charge on any atom is -0.352 e. The molecule has 0 saturated carbocycles. The summed E-state index contributed by atoms with van der Waals surface area (Å²) >= 11 is 12.3. The van der Waals surface area contributed by atoms with Crippen molar-refractivity contribution in [3.8, 4) is 0 Å². The van der Waals surface area contributed by atoms with E-state index in [-0.39, 0.29) is 23.1 Å². The summed E-state index contributed by atoms with van der Waals surface area (Å²) in [5, 5.41) is 7.82. The highest BCUT2D eigenvalue weighted by molar-refractivity contribution is 6.35. The lowest BCUT2D eigenvalue weighted by Crippen LogP contribution is -2.53. The molecular formula is C23H24Cl2F3N7O. The fourth-order valence-corrected chi connectivity index (χ4v) is 5.32. The number of piperazine rings is 1. The van der Waals surface area contributed by atoms with Crippen molar-refractivity contribution in [2.75, 3.05) is 37.6 Å². The number of carbonyl (C=O) groups excluding carboxylic acids is 1. The van der Waals surface area contributed by atoms with Gasteiger partial charge in [-0.25, -0.2) is 14.6 Å².